The second-order valence-corrected chi connectivity index (χ2v) is 2.15. The van der Waals surface area contributed by atoms with E-state index in [-0.39, 0.29) is 0 Å². The van der Waals surface area contributed by atoms with E-state index in [0.717, 1.165) is 12.2 Å². The van der Waals surface area contributed by atoms with Gasteiger partial charge >= 0.3 is 0 Å². The molecule has 0 amide bonds. The minimum absolute atomic E-state index is 0.694. The lowest BCUT2D eigenvalue weighted by Gasteiger charge is -1.99. The van der Waals surface area contributed by atoms with Crippen molar-refractivity contribution >= 4 is 0 Å². The molecule has 0 unspecified atom stereocenters. The summed E-state index contributed by atoms with van der Waals surface area (Å²) < 4.78 is 6.98. The molecule has 0 fully saturated rings. The summed E-state index contributed by atoms with van der Waals surface area (Å²) in [5.41, 5.74) is 0.999. The van der Waals surface area contributed by atoms with Crippen LogP contribution >= 0.6 is 0 Å². The largest absolute Gasteiger partial charge is 0.468 e. The number of hydrogen-bond donors (Lipinski definition) is 0. The molecule has 0 atom stereocenters. The van der Waals surface area contributed by atoms with Crippen molar-refractivity contribution in [2.24, 2.45) is 0 Å². The molecule has 0 aromatic carbocycles. The third-order valence-corrected chi connectivity index (χ3v) is 1.38. The Bertz CT molecular complexity index is 196. The molecule has 0 aliphatic carbocycles. The smallest absolute Gasteiger partial charge is 0.296 e. The van der Waals surface area contributed by atoms with Gasteiger partial charge in [0.2, 0.25) is 0 Å². The van der Waals surface area contributed by atoms with Crippen molar-refractivity contribution in [2.45, 2.75) is 20.4 Å². The molecule has 10 heavy (non-hydrogen) atoms. The van der Waals surface area contributed by atoms with E-state index >= 15 is 0 Å². The van der Waals surface area contributed by atoms with E-state index in [1.54, 1.807) is 7.11 Å². The zero-order valence-electron chi connectivity index (χ0n) is 6.59. The Kier molecular flexibility index (Phi) is 1.94. The highest BCUT2D eigenvalue weighted by Gasteiger charge is 2.01. The molecule has 0 bridgehead atoms. The van der Waals surface area contributed by atoms with Crippen molar-refractivity contribution in [3.8, 4) is 6.01 Å². The van der Waals surface area contributed by atoms with Gasteiger partial charge in [0, 0.05) is 12.7 Å². The Labute approximate surface area is 60.6 Å². The van der Waals surface area contributed by atoms with E-state index in [1.165, 1.54) is 0 Å². The average molecular weight is 140 g/mol. The molecule has 3 heteroatoms. The first-order chi connectivity index (χ1) is 4.77. The third-order valence-electron chi connectivity index (χ3n) is 1.38. The molecule has 0 aliphatic heterocycles. The molecule has 3 nitrogen and oxygen atoms in total. The van der Waals surface area contributed by atoms with Crippen LogP contribution in [0.4, 0.5) is 0 Å². The maximum absolute atomic E-state index is 5.01. The summed E-state index contributed by atoms with van der Waals surface area (Å²) in [7, 11) is 1.63. The quantitative estimate of drug-likeness (QED) is 0.617. The predicted octanol–water partition coefficient (Wildman–Crippen LogP) is 1.22. The number of rotatable bonds is 2. The molecule has 1 aromatic rings. The Balaban J connectivity index is 2.96. The molecule has 1 heterocycles. The average Bonchev–Trinajstić information content (AvgIpc) is 2.30. The molecule has 0 N–H and O–H groups in total. The summed E-state index contributed by atoms with van der Waals surface area (Å²) in [4.78, 5) is 4.14. The molecule has 0 saturated heterocycles. The van der Waals surface area contributed by atoms with Crippen LogP contribution in [0, 0.1) is 6.92 Å². The van der Waals surface area contributed by atoms with Crippen LogP contribution in [0.5, 0.6) is 6.01 Å². The van der Waals surface area contributed by atoms with Crippen LogP contribution < -0.4 is 4.74 Å². The van der Waals surface area contributed by atoms with Crippen molar-refractivity contribution < 1.29 is 4.74 Å². The Morgan fingerprint density at radius 1 is 1.70 bits per heavy atom. The zero-order valence-corrected chi connectivity index (χ0v) is 6.59. The number of aromatic nitrogens is 2. The summed E-state index contributed by atoms with van der Waals surface area (Å²) in [6.45, 7) is 4.92. The van der Waals surface area contributed by atoms with E-state index in [2.05, 4.69) is 11.9 Å². The van der Waals surface area contributed by atoms with Gasteiger partial charge in [-0.15, -0.1) is 0 Å². The molecule has 1 aromatic heterocycles. The lowest BCUT2D eigenvalue weighted by atomic mass is 10.6. The summed E-state index contributed by atoms with van der Waals surface area (Å²) in [5.74, 6) is 0. The van der Waals surface area contributed by atoms with Gasteiger partial charge in [-0.1, -0.05) is 0 Å². The normalized spacial score (nSPS) is 9.90. The maximum Gasteiger partial charge on any atom is 0.296 e. The first-order valence-electron chi connectivity index (χ1n) is 3.35. The molecule has 0 saturated carbocycles. The van der Waals surface area contributed by atoms with Crippen LogP contribution in [-0.4, -0.2) is 16.7 Å². The SMILES string of the molecule is CCn1cc(C)nc1OC. The first kappa shape index (κ1) is 7.12. The highest BCUT2D eigenvalue weighted by Crippen LogP contribution is 2.08. The Morgan fingerprint density at radius 2 is 2.40 bits per heavy atom. The third kappa shape index (κ3) is 1.12. The topological polar surface area (TPSA) is 27.1 Å². The van der Waals surface area contributed by atoms with E-state index in [4.69, 9.17) is 4.74 Å². The second-order valence-electron chi connectivity index (χ2n) is 2.15. The number of hydrogen-bond acceptors (Lipinski definition) is 2. The maximum atomic E-state index is 5.01. The van der Waals surface area contributed by atoms with Crippen molar-refractivity contribution in [1.82, 2.24) is 9.55 Å². The minimum atomic E-state index is 0.694. The second kappa shape index (κ2) is 2.73. The zero-order chi connectivity index (χ0) is 7.56. The molecular formula is C7H12N2O. The molecule has 1 rings (SSSR count). The molecule has 56 valence electrons. The standard InChI is InChI=1S/C7H12N2O/c1-4-9-5-6(2)8-7(9)10-3/h5H,4H2,1-3H3. The fourth-order valence-corrected chi connectivity index (χ4v) is 0.914. The van der Waals surface area contributed by atoms with Crippen molar-refractivity contribution in [2.75, 3.05) is 7.11 Å². The molecule has 0 aliphatic rings. The van der Waals surface area contributed by atoms with Crippen molar-refractivity contribution in [3.63, 3.8) is 0 Å². The van der Waals surface area contributed by atoms with Gasteiger partial charge < -0.3 is 9.30 Å². The van der Waals surface area contributed by atoms with Crippen molar-refractivity contribution in [3.05, 3.63) is 11.9 Å². The van der Waals surface area contributed by atoms with Gasteiger partial charge in [0.15, 0.2) is 0 Å². The summed E-state index contributed by atoms with van der Waals surface area (Å²) >= 11 is 0. The van der Waals surface area contributed by atoms with E-state index < -0.39 is 0 Å². The highest BCUT2D eigenvalue weighted by molar-refractivity contribution is 5.06. The van der Waals surface area contributed by atoms with Gasteiger partial charge in [0.05, 0.1) is 12.8 Å². The van der Waals surface area contributed by atoms with E-state index in [9.17, 15) is 0 Å². The van der Waals surface area contributed by atoms with E-state index in [0.29, 0.717) is 6.01 Å². The number of aryl methyl sites for hydroxylation is 2. The van der Waals surface area contributed by atoms with Gasteiger partial charge in [0.25, 0.3) is 6.01 Å². The fourth-order valence-electron chi connectivity index (χ4n) is 0.914. The Morgan fingerprint density at radius 3 is 2.80 bits per heavy atom. The predicted molar refractivity (Wildman–Crippen MR) is 39.2 cm³/mol. The van der Waals surface area contributed by atoms with Crippen LogP contribution in [-0.2, 0) is 6.54 Å². The van der Waals surface area contributed by atoms with Crippen molar-refractivity contribution in [1.29, 1.82) is 0 Å². The number of imidazole rings is 1. The first-order valence-corrected chi connectivity index (χ1v) is 3.35. The van der Waals surface area contributed by atoms with Gasteiger partial charge in [-0.2, -0.15) is 0 Å². The number of methoxy groups -OCH3 is 1. The van der Waals surface area contributed by atoms with Gasteiger partial charge in [-0.25, -0.2) is 4.98 Å². The lowest BCUT2D eigenvalue weighted by Crippen LogP contribution is -1.96. The van der Waals surface area contributed by atoms with Crippen LogP contribution in [0.1, 0.15) is 12.6 Å². The number of nitrogens with zero attached hydrogens (tertiary/aromatic N) is 2. The number of ether oxygens (including phenoxy) is 1. The molecule has 0 spiro atoms. The summed E-state index contributed by atoms with van der Waals surface area (Å²) in [6.07, 6.45) is 1.97. The molecule has 0 radical (unpaired) electrons. The highest BCUT2D eigenvalue weighted by atomic mass is 16.5. The van der Waals surface area contributed by atoms with E-state index in [1.807, 2.05) is 17.7 Å². The summed E-state index contributed by atoms with van der Waals surface area (Å²) in [6, 6.07) is 0.694. The van der Waals surface area contributed by atoms with Crippen LogP contribution in [0.2, 0.25) is 0 Å². The Hall–Kier alpha value is -0.990. The fraction of sp³-hybridized carbons (Fsp3) is 0.571. The van der Waals surface area contributed by atoms with Crippen LogP contribution in [0.3, 0.4) is 0 Å². The van der Waals surface area contributed by atoms with Gasteiger partial charge in [-0.3, -0.25) is 0 Å². The van der Waals surface area contributed by atoms with Crippen LogP contribution in [0.25, 0.3) is 0 Å². The molecular weight excluding hydrogens is 128 g/mol. The van der Waals surface area contributed by atoms with Crippen LogP contribution in [0.15, 0.2) is 6.20 Å². The summed E-state index contributed by atoms with van der Waals surface area (Å²) in [5, 5.41) is 0. The minimum Gasteiger partial charge on any atom is -0.468 e. The van der Waals surface area contributed by atoms with Gasteiger partial charge in [-0.05, 0) is 13.8 Å². The monoisotopic (exact) mass is 140 g/mol. The lowest BCUT2D eigenvalue weighted by molar-refractivity contribution is 0.359. The van der Waals surface area contributed by atoms with Gasteiger partial charge in [0.1, 0.15) is 0 Å².